The molecular weight excluding hydrogens is 266 g/mol. The highest BCUT2D eigenvalue weighted by Gasteiger charge is 2.13. The van der Waals surface area contributed by atoms with Crippen molar-refractivity contribution >= 4 is 21.8 Å². The molecule has 0 radical (unpaired) electrons. The Morgan fingerprint density at radius 2 is 1.59 bits per heavy atom. The smallest absolute Gasteiger partial charge is 0.0547 e. The molecular formula is C21H17N. The van der Waals surface area contributed by atoms with Crippen molar-refractivity contribution in [1.82, 2.24) is 4.98 Å². The fourth-order valence-corrected chi connectivity index (χ4v) is 3.22. The third kappa shape index (κ3) is 1.94. The molecule has 0 aliphatic heterocycles. The lowest BCUT2D eigenvalue weighted by atomic mass is 9.95. The third-order valence-corrected chi connectivity index (χ3v) is 4.20. The molecule has 1 nitrogen and oxygen atoms in total. The number of para-hydroxylation sites is 1. The first-order valence-electron chi connectivity index (χ1n) is 7.57. The van der Waals surface area contributed by atoms with Gasteiger partial charge in [0.05, 0.1) is 5.52 Å². The summed E-state index contributed by atoms with van der Waals surface area (Å²) in [6.07, 6.45) is 2.84. The van der Waals surface area contributed by atoms with Crippen LogP contribution in [0.3, 0.4) is 0 Å². The van der Waals surface area contributed by atoms with Gasteiger partial charge in [-0.3, -0.25) is 0 Å². The number of fused-ring (bicyclic) bond motifs is 3. The predicted octanol–water partition coefficient (Wildman–Crippen LogP) is 5.72. The molecule has 4 rings (SSSR count). The number of aromatic amines is 1. The van der Waals surface area contributed by atoms with Crippen molar-refractivity contribution in [2.24, 2.45) is 0 Å². The molecule has 0 saturated carbocycles. The van der Waals surface area contributed by atoms with E-state index >= 15 is 0 Å². The van der Waals surface area contributed by atoms with E-state index in [0.717, 1.165) is 6.42 Å². The second-order valence-corrected chi connectivity index (χ2v) is 5.55. The van der Waals surface area contributed by atoms with E-state index in [1.165, 1.54) is 38.5 Å². The van der Waals surface area contributed by atoms with E-state index in [2.05, 4.69) is 78.3 Å². The molecule has 1 heterocycles. The van der Waals surface area contributed by atoms with Crippen LogP contribution in [-0.2, 0) is 6.42 Å². The summed E-state index contributed by atoms with van der Waals surface area (Å²) in [6.45, 7) is 3.90. The van der Waals surface area contributed by atoms with Crippen molar-refractivity contribution in [2.75, 3.05) is 0 Å². The van der Waals surface area contributed by atoms with Crippen LogP contribution in [0.2, 0.25) is 0 Å². The van der Waals surface area contributed by atoms with Crippen molar-refractivity contribution in [1.29, 1.82) is 0 Å². The van der Waals surface area contributed by atoms with Crippen LogP contribution < -0.4 is 0 Å². The second-order valence-electron chi connectivity index (χ2n) is 5.55. The molecule has 1 N–H and O–H groups in total. The molecule has 22 heavy (non-hydrogen) atoms. The number of rotatable bonds is 3. The van der Waals surface area contributed by atoms with Crippen LogP contribution in [0, 0.1) is 0 Å². The average Bonchev–Trinajstić information content (AvgIpc) is 2.94. The topological polar surface area (TPSA) is 15.8 Å². The summed E-state index contributed by atoms with van der Waals surface area (Å²) in [6, 6.07) is 23.5. The van der Waals surface area contributed by atoms with Gasteiger partial charge in [0.1, 0.15) is 0 Å². The summed E-state index contributed by atoms with van der Waals surface area (Å²) in [5.74, 6) is 0. The quantitative estimate of drug-likeness (QED) is 0.463. The minimum Gasteiger partial charge on any atom is -0.354 e. The standard InChI is InChI=1S/C21H17N/c1-2-8-15-13-14-18-17-11-6-7-12-19(17)22-21(18)20(15)16-9-4-3-5-10-16/h2-7,9-14,22H,1,8H2. The van der Waals surface area contributed by atoms with Crippen LogP contribution in [0.1, 0.15) is 5.56 Å². The molecule has 0 fully saturated rings. The largest absolute Gasteiger partial charge is 0.354 e. The Morgan fingerprint density at radius 3 is 2.41 bits per heavy atom. The van der Waals surface area contributed by atoms with E-state index < -0.39 is 0 Å². The fourth-order valence-electron chi connectivity index (χ4n) is 3.22. The van der Waals surface area contributed by atoms with E-state index in [9.17, 15) is 0 Å². The minimum absolute atomic E-state index is 0.871. The summed E-state index contributed by atoms with van der Waals surface area (Å²) in [7, 11) is 0. The van der Waals surface area contributed by atoms with E-state index in [4.69, 9.17) is 0 Å². The molecule has 0 aliphatic rings. The maximum absolute atomic E-state index is 3.90. The Hall–Kier alpha value is -2.80. The first-order valence-corrected chi connectivity index (χ1v) is 7.57. The van der Waals surface area contributed by atoms with Gasteiger partial charge < -0.3 is 4.98 Å². The van der Waals surface area contributed by atoms with Crippen LogP contribution in [0.15, 0.2) is 79.4 Å². The van der Waals surface area contributed by atoms with Gasteiger partial charge in [-0.2, -0.15) is 0 Å². The molecule has 0 atom stereocenters. The molecule has 106 valence electrons. The van der Waals surface area contributed by atoms with Crippen molar-refractivity contribution in [3.63, 3.8) is 0 Å². The highest BCUT2D eigenvalue weighted by atomic mass is 14.7. The predicted molar refractivity (Wildman–Crippen MR) is 95.1 cm³/mol. The van der Waals surface area contributed by atoms with E-state index in [-0.39, 0.29) is 0 Å². The van der Waals surface area contributed by atoms with Gasteiger partial charge in [0, 0.05) is 21.9 Å². The molecule has 0 bridgehead atoms. The molecule has 0 aliphatic carbocycles. The van der Waals surface area contributed by atoms with Crippen molar-refractivity contribution in [2.45, 2.75) is 6.42 Å². The van der Waals surface area contributed by atoms with Crippen LogP contribution in [0.5, 0.6) is 0 Å². The molecule has 0 unspecified atom stereocenters. The lowest BCUT2D eigenvalue weighted by molar-refractivity contribution is 1.29. The normalized spacial score (nSPS) is 11.1. The Kier molecular flexibility index (Phi) is 3.05. The zero-order chi connectivity index (χ0) is 14.9. The monoisotopic (exact) mass is 283 g/mol. The maximum Gasteiger partial charge on any atom is 0.0547 e. The van der Waals surface area contributed by atoms with Gasteiger partial charge in [-0.25, -0.2) is 0 Å². The number of hydrogen-bond donors (Lipinski definition) is 1. The summed E-state index contributed by atoms with van der Waals surface area (Å²) < 4.78 is 0. The lowest BCUT2D eigenvalue weighted by Crippen LogP contribution is -1.90. The number of H-pyrrole nitrogens is 1. The van der Waals surface area contributed by atoms with E-state index in [0.29, 0.717) is 0 Å². The Balaban J connectivity index is 2.13. The SMILES string of the molecule is C=CCc1ccc2c([nH]c3ccccc32)c1-c1ccccc1. The number of hydrogen-bond acceptors (Lipinski definition) is 0. The molecule has 1 aromatic heterocycles. The number of aromatic nitrogens is 1. The average molecular weight is 283 g/mol. The van der Waals surface area contributed by atoms with E-state index in [1.54, 1.807) is 0 Å². The zero-order valence-electron chi connectivity index (χ0n) is 12.3. The first-order chi connectivity index (χ1) is 10.9. The summed E-state index contributed by atoms with van der Waals surface area (Å²) in [4.78, 5) is 3.61. The van der Waals surface area contributed by atoms with Gasteiger partial charge in [0.25, 0.3) is 0 Å². The first kappa shape index (κ1) is 12.9. The van der Waals surface area contributed by atoms with Crippen LogP contribution in [-0.4, -0.2) is 4.98 Å². The van der Waals surface area contributed by atoms with Gasteiger partial charge in [-0.05, 0) is 23.6 Å². The van der Waals surface area contributed by atoms with Crippen LogP contribution in [0.4, 0.5) is 0 Å². The fraction of sp³-hybridized carbons (Fsp3) is 0.0476. The summed E-state index contributed by atoms with van der Waals surface area (Å²) >= 11 is 0. The van der Waals surface area contributed by atoms with Crippen molar-refractivity contribution < 1.29 is 0 Å². The van der Waals surface area contributed by atoms with Gasteiger partial charge in [-0.1, -0.05) is 66.7 Å². The molecule has 0 saturated heterocycles. The molecule has 1 heteroatoms. The van der Waals surface area contributed by atoms with Gasteiger partial charge >= 0.3 is 0 Å². The second kappa shape index (κ2) is 5.19. The van der Waals surface area contributed by atoms with Gasteiger partial charge in [-0.15, -0.1) is 6.58 Å². The van der Waals surface area contributed by atoms with Crippen LogP contribution >= 0.6 is 0 Å². The minimum atomic E-state index is 0.871. The third-order valence-electron chi connectivity index (χ3n) is 4.20. The van der Waals surface area contributed by atoms with Crippen molar-refractivity contribution in [3.8, 4) is 11.1 Å². The van der Waals surface area contributed by atoms with Gasteiger partial charge in [0.15, 0.2) is 0 Å². The highest BCUT2D eigenvalue weighted by Crippen LogP contribution is 2.35. The number of nitrogens with one attached hydrogen (secondary N) is 1. The highest BCUT2D eigenvalue weighted by molar-refractivity contribution is 6.12. The van der Waals surface area contributed by atoms with Crippen LogP contribution in [0.25, 0.3) is 32.9 Å². The Bertz CT molecular complexity index is 961. The Morgan fingerprint density at radius 1 is 0.818 bits per heavy atom. The molecule has 0 spiro atoms. The van der Waals surface area contributed by atoms with Crippen molar-refractivity contribution in [3.05, 3.63) is 84.9 Å². The molecule has 4 aromatic rings. The number of benzene rings is 3. The van der Waals surface area contributed by atoms with E-state index in [1.807, 2.05) is 6.08 Å². The molecule has 0 amide bonds. The molecule has 3 aromatic carbocycles. The maximum atomic E-state index is 3.90. The Labute approximate surface area is 129 Å². The summed E-state index contributed by atoms with van der Waals surface area (Å²) in [5, 5.41) is 2.56. The zero-order valence-corrected chi connectivity index (χ0v) is 12.3. The summed E-state index contributed by atoms with van der Waals surface area (Å²) in [5.41, 5.74) is 6.24. The van der Waals surface area contributed by atoms with Gasteiger partial charge in [0.2, 0.25) is 0 Å². The lowest BCUT2D eigenvalue weighted by Gasteiger charge is -2.10. The number of allylic oxidation sites excluding steroid dienone is 1.